The van der Waals surface area contributed by atoms with E-state index in [2.05, 4.69) is 141 Å². The van der Waals surface area contributed by atoms with Crippen molar-refractivity contribution in [1.82, 2.24) is 9.13 Å². The highest BCUT2D eigenvalue weighted by Gasteiger charge is 2.27. The van der Waals surface area contributed by atoms with Crippen molar-refractivity contribution in [3.8, 4) is 39.7 Å². The number of nitrogens with zero attached hydrogens (tertiary/aromatic N) is 4. The van der Waals surface area contributed by atoms with Crippen molar-refractivity contribution >= 4 is 137 Å². The summed E-state index contributed by atoms with van der Waals surface area (Å²) in [6.45, 7) is 8.72. The monoisotopic (exact) mass is 970 g/mol. The minimum atomic E-state index is 0.340. The van der Waals surface area contributed by atoms with Gasteiger partial charge in [0.1, 0.15) is 50.7 Å². The molecule has 0 aliphatic carbocycles. The van der Waals surface area contributed by atoms with Gasteiger partial charge in [0.25, 0.3) is 0 Å². The fraction of sp³-hybridized carbons (Fsp3) is 0. The molecule has 0 fully saturated rings. The predicted molar refractivity (Wildman–Crippen MR) is 306 cm³/mol. The normalized spacial score (nSPS) is 12.2. The third kappa shape index (κ3) is 5.43. The largest absolute Gasteiger partial charge is 0.456 e. The zero-order valence-electron chi connectivity index (χ0n) is 40.1. The summed E-state index contributed by atoms with van der Waals surface area (Å²) >= 11 is 0. The zero-order chi connectivity index (χ0) is 49.9. The molecular weight excluding hydrogens is 937 g/mol. The Hall–Kier alpha value is -10.8. The molecule has 0 saturated heterocycles. The van der Waals surface area contributed by atoms with Gasteiger partial charge in [0.2, 0.25) is 5.69 Å². The van der Waals surface area contributed by atoms with Crippen LogP contribution in [0.1, 0.15) is 5.56 Å². The molecule has 0 atom stereocenters. The van der Waals surface area contributed by atoms with E-state index in [1.165, 1.54) is 0 Å². The lowest BCUT2D eigenvalue weighted by Gasteiger charge is -2.17. The maximum Gasteiger partial charge on any atom is 0.212 e. The smallest absolute Gasteiger partial charge is 0.212 e. The zero-order valence-corrected chi connectivity index (χ0v) is 40.1. The standard InChI is InChI=1S/C68H34N4O4/c1-70-52-26-31-55(71-53-27-20-37(39-18-22-45-41-10-2-6-14-58(41)73-62(45)34-39)32-49(53)64-56(71)29-24-47-43-12-4-8-16-60(43)75-67(47)64)51(36-69)66(52)72-54-28-21-38(40-19-23-46-42-11-3-7-15-59(42)74-63(46)35-40)33-50(54)65-57(72)30-25-48-44-13-5-9-17-61(44)76-68(48)65/h2-35H. The predicted octanol–water partition coefficient (Wildman–Crippen LogP) is 19.2. The molecule has 17 rings (SSSR count). The first-order chi connectivity index (χ1) is 37.6. The molecule has 0 aliphatic heterocycles. The minimum Gasteiger partial charge on any atom is -0.456 e. The van der Waals surface area contributed by atoms with Crippen LogP contribution in [0.5, 0.6) is 0 Å². The van der Waals surface area contributed by atoms with Crippen molar-refractivity contribution in [3.05, 3.63) is 223 Å². The highest BCUT2D eigenvalue weighted by Crippen LogP contribution is 2.48. The van der Waals surface area contributed by atoms with E-state index < -0.39 is 0 Å². The van der Waals surface area contributed by atoms with Gasteiger partial charge in [-0.25, -0.2) is 4.85 Å². The summed E-state index contributed by atoms with van der Waals surface area (Å²) < 4.78 is 30.6. The van der Waals surface area contributed by atoms with Crippen molar-refractivity contribution in [2.45, 2.75) is 0 Å². The van der Waals surface area contributed by atoms with Gasteiger partial charge in [0, 0.05) is 53.9 Å². The Morgan fingerprint density at radius 3 is 1.25 bits per heavy atom. The first kappa shape index (κ1) is 40.8. The molecule has 8 heteroatoms. The van der Waals surface area contributed by atoms with Crippen LogP contribution in [0.25, 0.3) is 170 Å². The van der Waals surface area contributed by atoms with Crippen molar-refractivity contribution in [2.75, 3.05) is 0 Å². The number of hydrogen-bond donors (Lipinski definition) is 0. The molecule has 0 radical (unpaired) electrons. The van der Waals surface area contributed by atoms with Gasteiger partial charge < -0.3 is 26.8 Å². The number of hydrogen-bond acceptors (Lipinski definition) is 5. The lowest BCUT2D eigenvalue weighted by molar-refractivity contribution is 0.668. The highest BCUT2D eigenvalue weighted by molar-refractivity contribution is 6.26. The van der Waals surface area contributed by atoms with E-state index >= 15 is 0 Å². The van der Waals surface area contributed by atoms with Crippen LogP contribution in [0, 0.1) is 17.9 Å². The Morgan fingerprint density at radius 1 is 0.355 bits per heavy atom. The van der Waals surface area contributed by atoms with Crippen LogP contribution in [-0.4, -0.2) is 9.13 Å². The van der Waals surface area contributed by atoms with E-state index in [9.17, 15) is 5.26 Å². The Labute approximate surface area is 430 Å². The van der Waals surface area contributed by atoms with Crippen molar-refractivity contribution in [2.24, 2.45) is 0 Å². The topological polar surface area (TPSA) is 90.6 Å². The van der Waals surface area contributed by atoms with E-state index in [1.54, 1.807) is 0 Å². The number of rotatable bonds is 4. The van der Waals surface area contributed by atoms with Gasteiger partial charge in [-0.3, -0.25) is 0 Å². The highest BCUT2D eigenvalue weighted by atomic mass is 16.3. The molecule has 6 aromatic heterocycles. The maximum atomic E-state index is 11.8. The van der Waals surface area contributed by atoms with Gasteiger partial charge >= 0.3 is 0 Å². The first-order valence-electron chi connectivity index (χ1n) is 25.1. The van der Waals surface area contributed by atoms with Gasteiger partial charge in [-0.1, -0.05) is 103 Å². The SMILES string of the molecule is [C-]#[N+]c1ccc(-n2c3ccc(-c4ccc5c(c4)oc4ccccc45)cc3c3c4oc5ccccc5c4ccc32)c(C#N)c1-n1c2ccc(-c3ccc4c(c3)oc3ccccc34)cc2c2c3oc4ccccc4c3ccc21. The van der Waals surface area contributed by atoms with Crippen LogP contribution in [0.3, 0.4) is 0 Å². The lowest BCUT2D eigenvalue weighted by atomic mass is 10.0. The molecule has 11 aromatic carbocycles. The molecule has 0 aliphatic rings. The number of fused-ring (bicyclic) bond motifs is 20. The Balaban J connectivity index is 0.934. The molecule has 76 heavy (non-hydrogen) atoms. The molecule has 8 nitrogen and oxygen atoms in total. The van der Waals surface area contributed by atoms with Crippen LogP contribution in [0.4, 0.5) is 5.69 Å². The number of furan rings is 4. The molecule has 6 heterocycles. The van der Waals surface area contributed by atoms with Crippen LogP contribution < -0.4 is 0 Å². The Morgan fingerprint density at radius 2 is 0.750 bits per heavy atom. The van der Waals surface area contributed by atoms with Crippen molar-refractivity contribution in [1.29, 1.82) is 5.26 Å². The second-order valence-electron chi connectivity index (χ2n) is 19.7. The molecule has 0 unspecified atom stereocenters. The number of nitriles is 1. The first-order valence-corrected chi connectivity index (χ1v) is 25.1. The van der Waals surface area contributed by atoms with Crippen LogP contribution in [0.15, 0.2) is 224 Å². The molecule has 0 N–H and O–H groups in total. The Bertz CT molecular complexity index is 5520. The lowest BCUT2D eigenvalue weighted by Crippen LogP contribution is -2.04. The average molecular weight is 971 g/mol. The summed E-state index contributed by atoms with van der Waals surface area (Å²) in [6.07, 6.45) is 0. The number of benzene rings is 11. The fourth-order valence-electron chi connectivity index (χ4n) is 12.4. The molecule has 0 bridgehead atoms. The summed E-state index contributed by atoms with van der Waals surface area (Å²) in [5.74, 6) is 0. The third-order valence-corrected chi connectivity index (χ3v) is 15.8. The fourth-order valence-corrected chi connectivity index (χ4v) is 12.4. The number of para-hydroxylation sites is 4. The summed E-state index contributed by atoms with van der Waals surface area (Å²) in [5, 5.41) is 23.8. The summed E-state index contributed by atoms with van der Waals surface area (Å²) in [7, 11) is 0. The van der Waals surface area contributed by atoms with Crippen molar-refractivity contribution < 1.29 is 17.7 Å². The van der Waals surface area contributed by atoms with Gasteiger partial charge in [-0.15, -0.1) is 0 Å². The number of aromatic nitrogens is 2. The second-order valence-corrected chi connectivity index (χ2v) is 19.7. The van der Waals surface area contributed by atoms with Gasteiger partial charge in [0.05, 0.1) is 56.3 Å². The van der Waals surface area contributed by atoms with Gasteiger partial charge in [0.15, 0.2) is 0 Å². The summed E-state index contributed by atoms with van der Waals surface area (Å²) in [4.78, 5) is 4.16. The summed E-state index contributed by atoms with van der Waals surface area (Å²) in [5.41, 5.74) is 15.6. The van der Waals surface area contributed by atoms with E-state index in [4.69, 9.17) is 24.2 Å². The van der Waals surface area contributed by atoms with E-state index in [0.717, 1.165) is 154 Å². The average Bonchev–Trinajstić information content (AvgIpc) is 4.36. The van der Waals surface area contributed by atoms with E-state index in [1.807, 2.05) is 84.9 Å². The van der Waals surface area contributed by atoms with Crippen molar-refractivity contribution in [3.63, 3.8) is 0 Å². The molecule has 350 valence electrons. The third-order valence-electron chi connectivity index (χ3n) is 15.8. The minimum absolute atomic E-state index is 0.340. The molecule has 0 saturated carbocycles. The van der Waals surface area contributed by atoms with Gasteiger partial charge in [-0.2, -0.15) is 5.26 Å². The molecule has 17 aromatic rings. The van der Waals surface area contributed by atoms with E-state index in [-0.39, 0.29) is 0 Å². The molecule has 0 spiro atoms. The van der Waals surface area contributed by atoms with Gasteiger partial charge in [-0.05, 0) is 125 Å². The molecular formula is C68H34N4O4. The molecule has 0 amide bonds. The Kier molecular flexibility index (Phi) is 7.99. The van der Waals surface area contributed by atoms with Crippen LogP contribution >= 0.6 is 0 Å². The van der Waals surface area contributed by atoms with E-state index in [0.29, 0.717) is 22.6 Å². The second kappa shape index (κ2) is 14.9. The maximum absolute atomic E-state index is 11.8. The van der Waals surface area contributed by atoms with Crippen LogP contribution in [0.2, 0.25) is 0 Å². The quantitative estimate of drug-likeness (QED) is 0.164. The van der Waals surface area contributed by atoms with Crippen LogP contribution in [-0.2, 0) is 0 Å². The summed E-state index contributed by atoms with van der Waals surface area (Å²) in [6, 6.07) is 73.0.